The van der Waals surface area contributed by atoms with Crippen molar-refractivity contribution in [2.45, 2.75) is 64.3 Å². The Morgan fingerprint density at radius 1 is 1.14 bits per heavy atom. The number of oxime groups is 1. The molecule has 0 radical (unpaired) electrons. The predicted molar refractivity (Wildman–Crippen MR) is 143 cm³/mol. The van der Waals surface area contributed by atoms with Gasteiger partial charge in [0.1, 0.15) is 6.61 Å². The number of aryl methyl sites for hydroxylation is 2. The average molecular weight is 482 g/mol. The van der Waals surface area contributed by atoms with E-state index in [0.717, 1.165) is 55.3 Å². The van der Waals surface area contributed by atoms with Gasteiger partial charge in [-0.2, -0.15) is 0 Å². The van der Waals surface area contributed by atoms with Gasteiger partial charge in [-0.15, -0.1) is 0 Å². The van der Waals surface area contributed by atoms with E-state index < -0.39 is 0 Å². The van der Waals surface area contributed by atoms with Gasteiger partial charge in [0, 0.05) is 29.4 Å². The van der Waals surface area contributed by atoms with Crippen LogP contribution in [-0.4, -0.2) is 23.2 Å². The second kappa shape index (κ2) is 10.7. The number of fused-ring (bicyclic) bond motifs is 3. The molecule has 186 valence electrons. The lowest BCUT2D eigenvalue weighted by atomic mass is 9.55. The molecule has 2 aliphatic rings. The number of hydrogen-bond acceptors (Lipinski definition) is 4. The van der Waals surface area contributed by atoms with Gasteiger partial charge in [-0.1, -0.05) is 47.6 Å². The van der Waals surface area contributed by atoms with Gasteiger partial charge in [-0.05, 0) is 98.7 Å². The molecule has 0 unspecified atom stereocenters. The zero-order valence-electron chi connectivity index (χ0n) is 21.3. The second-order valence-electron chi connectivity index (χ2n) is 10.1. The molecule has 1 N–H and O–H groups in total. The fourth-order valence-corrected chi connectivity index (χ4v) is 6.15. The summed E-state index contributed by atoms with van der Waals surface area (Å²) >= 11 is 0. The fraction of sp³-hybridized carbons (Fsp3) is 0.387. The SMILES string of the molecule is CCO/N=C1/CC[C@@]2(Cc3ccccc3)c3ccc(C(=O)NCc4cccnc4C)cc3CC[C@@H]2C1. The van der Waals surface area contributed by atoms with E-state index in [4.69, 9.17) is 4.84 Å². The molecule has 5 nitrogen and oxygen atoms in total. The molecule has 36 heavy (non-hydrogen) atoms. The third-order valence-electron chi connectivity index (χ3n) is 8.03. The van der Waals surface area contributed by atoms with Crippen LogP contribution in [0.4, 0.5) is 0 Å². The molecule has 0 spiro atoms. The number of nitrogens with zero attached hydrogens (tertiary/aromatic N) is 2. The van der Waals surface area contributed by atoms with Gasteiger partial charge in [0.15, 0.2) is 0 Å². The molecule has 5 heteroatoms. The number of pyridine rings is 1. The van der Waals surface area contributed by atoms with Crippen molar-refractivity contribution in [1.29, 1.82) is 0 Å². The Hall–Kier alpha value is -3.47. The molecule has 0 bridgehead atoms. The molecule has 2 atom stereocenters. The lowest BCUT2D eigenvalue weighted by Gasteiger charge is -2.49. The lowest BCUT2D eigenvalue weighted by Crippen LogP contribution is -2.46. The van der Waals surface area contributed by atoms with Crippen molar-refractivity contribution >= 4 is 11.6 Å². The quantitative estimate of drug-likeness (QED) is 0.425. The van der Waals surface area contributed by atoms with Crippen molar-refractivity contribution in [3.05, 3.63) is 100 Å². The maximum Gasteiger partial charge on any atom is 0.251 e. The van der Waals surface area contributed by atoms with E-state index in [0.29, 0.717) is 19.1 Å². The van der Waals surface area contributed by atoms with Crippen LogP contribution in [0.3, 0.4) is 0 Å². The topological polar surface area (TPSA) is 63.6 Å². The number of benzene rings is 2. The largest absolute Gasteiger partial charge is 0.396 e. The van der Waals surface area contributed by atoms with Gasteiger partial charge in [0.05, 0.1) is 5.71 Å². The van der Waals surface area contributed by atoms with Gasteiger partial charge >= 0.3 is 0 Å². The maximum atomic E-state index is 13.1. The Morgan fingerprint density at radius 3 is 2.81 bits per heavy atom. The minimum Gasteiger partial charge on any atom is -0.396 e. The van der Waals surface area contributed by atoms with Crippen LogP contribution in [0.5, 0.6) is 0 Å². The highest BCUT2D eigenvalue weighted by Gasteiger charge is 2.47. The van der Waals surface area contributed by atoms with Gasteiger partial charge in [-0.25, -0.2) is 0 Å². The van der Waals surface area contributed by atoms with Crippen molar-refractivity contribution in [2.24, 2.45) is 11.1 Å². The summed E-state index contributed by atoms with van der Waals surface area (Å²) < 4.78 is 0. The Morgan fingerprint density at radius 2 is 2.00 bits per heavy atom. The summed E-state index contributed by atoms with van der Waals surface area (Å²) in [6.45, 7) is 5.04. The summed E-state index contributed by atoms with van der Waals surface area (Å²) in [6, 6.07) is 21.1. The molecule has 5 rings (SSSR count). The van der Waals surface area contributed by atoms with Crippen LogP contribution in [0.15, 0.2) is 72.0 Å². The number of hydrogen-bond donors (Lipinski definition) is 1. The van der Waals surface area contributed by atoms with E-state index >= 15 is 0 Å². The summed E-state index contributed by atoms with van der Waals surface area (Å²) in [4.78, 5) is 22.8. The Bertz CT molecular complexity index is 1250. The summed E-state index contributed by atoms with van der Waals surface area (Å²) in [5.74, 6) is 0.487. The summed E-state index contributed by atoms with van der Waals surface area (Å²) in [5, 5.41) is 7.52. The molecule has 1 amide bonds. The highest BCUT2D eigenvalue weighted by molar-refractivity contribution is 5.94. The highest BCUT2D eigenvalue weighted by Crippen LogP contribution is 2.51. The van der Waals surface area contributed by atoms with E-state index in [-0.39, 0.29) is 11.3 Å². The van der Waals surface area contributed by atoms with Crippen molar-refractivity contribution in [3.63, 3.8) is 0 Å². The van der Waals surface area contributed by atoms with Crippen molar-refractivity contribution in [2.75, 3.05) is 6.61 Å². The van der Waals surface area contributed by atoms with Crippen LogP contribution in [-0.2, 0) is 29.6 Å². The van der Waals surface area contributed by atoms with E-state index in [1.807, 2.05) is 32.0 Å². The Labute approximate surface area is 214 Å². The van der Waals surface area contributed by atoms with Crippen molar-refractivity contribution in [1.82, 2.24) is 10.3 Å². The van der Waals surface area contributed by atoms with Crippen LogP contribution in [0.1, 0.15) is 70.9 Å². The van der Waals surface area contributed by atoms with Crippen LogP contribution in [0.2, 0.25) is 0 Å². The van der Waals surface area contributed by atoms with Crippen LogP contribution < -0.4 is 5.32 Å². The standard InChI is InChI=1S/C31H35N3O2/c1-3-36-34-28-15-16-31(20-23-8-5-4-6-9-23)27(19-28)13-11-24-18-25(12-14-29(24)31)30(35)33-21-26-10-7-17-32-22(26)2/h4-10,12,14,17-18,27H,3,11,13,15-16,19-21H2,1-2H3,(H,33,35)/b34-28-/t27-,31+/m1/s1. The monoisotopic (exact) mass is 481 g/mol. The van der Waals surface area contributed by atoms with Crippen LogP contribution in [0.25, 0.3) is 0 Å². The van der Waals surface area contributed by atoms with Gasteiger partial charge < -0.3 is 10.2 Å². The first-order valence-electron chi connectivity index (χ1n) is 13.1. The molecular formula is C31H35N3O2. The zero-order valence-corrected chi connectivity index (χ0v) is 21.3. The molecule has 1 fully saturated rings. The molecule has 3 aromatic rings. The number of nitrogens with one attached hydrogen (secondary N) is 1. The molecule has 2 aliphatic carbocycles. The lowest BCUT2D eigenvalue weighted by molar-refractivity contribution is 0.0950. The maximum absolute atomic E-state index is 13.1. The Balaban J connectivity index is 1.42. The predicted octanol–water partition coefficient (Wildman–Crippen LogP) is 5.94. The minimum absolute atomic E-state index is 0.0323. The molecule has 0 aliphatic heterocycles. The number of aromatic nitrogens is 1. The van der Waals surface area contributed by atoms with Gasteiger partial charge in [-0.3, -0.25) is 9.78 Å². The highest BCUT2D eigenvalue weighted by atomic mass is 16.6. The molecule has 1 saturated carbocycles. The van der Waals surface area contributed by atoms with Gasteiger partial charge in [0.25, 0.3) is 5.91 Å². The second-order valence-corrected chi connectivity index (χ2v) is 10.1. The average Bonchev–Trinajstić information content (AvgIpc) is 2.91. The van der Waals surface area contributed by atoms with Crippen LogP contribution in [0, 0.1) is 12.8 Å². The first kappa shape index (κ1) is 24.2. The number of carbonyl (C=O) groups excluding carboxylic acids is 1. The van der Waals surface area contributed by atoms with Crippen molar-refractivity contribution < 1.29 is 9.63 Å². The van der Waals surface area contributed by atoms with E-state index in [9.17, 15) is 4.79 Å². The normalized spacial score (nSPS) is 21.9. The zero-order chi connectivity index (χ0) is 25.0. The van der Waals surface area contributed by atoms with E-state index in [2.05, 4.69) is 57.9 Å². The van der Waals surface area contributed by atoms with Crippen molar-refractivity contribution in [3.8, 4) is 0 Å². The molecule has 0 saturated heterocycles. The first-order valence-corrected chi connectivity index (χ1v) is 13.1. The first-order chi connectivity index (χ1) is 17.6. The smallest absolute Gasteiger partial charge is 0.251 e. The molecular weight excluding hydrogens is 446 g/mol. The fourth-order valence-electron chi connectivity index (χ4n) is 6.15. The number of rotatable bonds is 7. The van der Waals surface area contributed by atoms with E-state index in [1.165, 1.54) is 22.4 Å². The van der Waals surface area contributed by atoms with Crippen LogP contribution >= 0.6 is 0 Å². The minimum atomic E-state index is -0.0323. The number of amides is 1. The van der Waals surface area contributed by atoms with Gasteiger partial charge in [0.2, 0.25) is 0 Å². The third-order valence-corrected chi connectivity index (χ3v) is 8.03. The summed E-state index contributed by atoms with van der Waals surface area (Å²) in [6.07, 6.45) is 7.87. The third kappa shape index (κ3) is 4.92. The molecule has 1 heterocycles. The Kier molecular flexibility index (Phi) is 7.17. The summed E-state index contributed by atoms with van der Waals surface area (Å²) in [5.41, 5.74) is 8.07. The molecule has 2 aromatic carbocycles. The molecule has 1 aromatic heterocycles. The number of carbonyl (C=O) groups is 1. The van der Waals surface area contributed by atoms with E-state index in [1.54, 1.807) is 6.20 Å². The summed E-state index contributed by atoms with van der Waals surface area (Å²) in [7, 11) is 0.